The van der Waals surface area contributed by atoms with E-state index in [9.17, 15) is 0 Å². The van der Waals surface area contributed by atoms with Crippen molar-refractivity contribution in [1.82, 2.24) is 19.9 Å². The number of rotatable bonds is 6. The van der Waals surface area contributed by atoms with Crippen molar-refractivity contribution >= 4 is 11.8 Å². The highest BCUT2D eigenvalue weighted by Crippen LogP contribution is 2.30. The van der Waals surface area contributed by atoms with E-state index < -0.39 is 0 Å². The Kier molecular flexibility index (Phi) is 4.85. The summed E-state index contributed by atoms with van der Waals surface area (Å²) in [6.45, 7) is 6.55. The fourth-order valence-electron chi connectivity index (χ4n) is 2.96. The number of aryl methyl sites for hydroxylation is 3. The summed E-state index contributed by atoms with van der Waals surface area (Å²) in [5.74, 6) is 3.27. The third-order valence-electron chi connectivity index (χ3n) is 4.52. The molecule has 0 aliphatic rings. The van der Waals surface area contributed by atoms with Gasteiger partial charge in [0, 0.05) is 16.9 Å². The average Bonchev–Trinajstić information content (AvgIpc) is 3.38. The summed E-state index contributed by atoms with van der Waals surface area (Å²) in [5, 5.41) is 13.8. The predicted octanol–water partition coefficient (Wildman–Crippen LogP) is 4.79. The maximum atomic E-state index is 5.56. The van der Waals surface area contributed by atoms with Crippen LogP contribution in [-0.4, -0.2) is 19.9 Å². The van der Waals surface area contributed by atoms with E-state index in [1.54, 1.807) is 18.0 Å². The highest BCUT2D eigenvalue weighted by Gasteiger charge is 2.18. The second kappa shape index (κ2) is 7.44. The molecule has 0 bridgehead atoms. The normalized spacial score (nSPS) is 11.2. The van der Waals surface area contributed by atoms with Gasteiger partial charge < -0.3 is 8.94 Å². The van der Waals surface area contributed by atoms with E-state index in [1.807, 2.05) is 38.1 Å². The van der Waals surface area contributed by atoms with Crippen molar-refractivity contribution in [3.05, 3.63) is 71.0 Å². The first-order valence-electron chi connectivity index (χ1n) is 8.69. The van der Waals surface area contributed by atoms with Gasteiger partial charge in [-0.05, 0) is 38.5 Å². The Bertz CT molecular complexity index is 1030. The molecule has 1 aromatic carbocycles. The summed E-state index contributed by atoms with van der Waals surface area (Å²) in [7, 11) is 0. The van der Waals surface area contributed by atoms with Crippen molar-refractivity contribution < 1.29 is 8.94 Å². The summed E-state index contributed by atoms with van der Waals surface area (Å²) >= 11 is 1.62. The van der Waals surface area contributed by atoms with Crippen LogP contribution in [0, 0.1) is 20.8 Å². The molecule has 6 nitrogen and oxygen atoms in total. The molecule has 0 N–H and O–H groups in total. The fraction of sp³-hybridized carbons (Fsp3) is 0.250. The van der Waals surface area contributed by atoms with Crippen LogP contribution < -0.4 is 0 Å². The summed E-state index contributed by atoms with van der Waals surface area (Å²) in [6.07, 6.45) is 1.68. The third-order valence-corrected chi connectivity index (χ3v) is 5.52. The van der Waals surface area contributed by atoms with Crippen molar-refractivity contribution in [1.29, 1.82) is 0 Å². The second-order valence-electron chi connectivity index (χ2n) is 6.38. The molecule has 0 aliphatic carbocycles. The molecule has 0 unspecified atom stereocenters. The number of hydrogen-bond acceptors (Lipinski definition) is 6. The Hall–Kier alpha value is -2.80. The lowest BCUT2D eigenvalue weighted by Gasteiger charge is -2.10. The van der Waals surface area contributed by atoms with Crippen LogP contribution in [0.5, 0.6) is 0 Å². The number of benzene rings is 1. The average molecular weight is 380 g/mol. The van der Waals surface area contributed by atoms with Crippen LogP contribution >= 0.6 is 11.8 Å². The van der Waals surface area contributed by atoms with E-state index in [4.69, 9.17) is 8.94 Å². The molecule has 0 aliphatic heterocycles. The zero-order chi connectivity index (χ0) is 18.8. The second-order valence-corrected chi connectivity index (χ2v) is 7.32. The molecular weight excluding hydrogens is 360 g/mol. The zero-order valence-electron chi connectivity index (χ0n) is 15.5. The molecule has 3 aromatic heterocycles. The molecule has 138 valence electrons. The van der Waals surface area contributed by atoms with Crippen LogP contribution in [0.4, 0.5) is 0 Å². The van der Waals surface area contributed by atoms with Gasteiger partial charge in [0.05, 0.1) is 18.5 Å². The minimum absolute atomic E-state index is 0.577. The monoisotopic (exact) mass is 380 g/mol. The first-order chi connectivity index (χ1) is 13.1. The number of thioether (sulfide) groups is 1. The SMILES string of the molecule is Cc1ccccc1-c1nnc(SCc2c(C)noc2C)n1Cc1ccco1. The lowest BCUT2D eigenvalue weighted by atomic mass is 10.1. The van der Waals surface area contributed by atoms with Gasteiger partial charge in [0.15, 0.2) is 11.0 Å². The van der Waals surface area contributed by atoms with E-state index >= 15 is 0 Å². The zero-order valence-corrected chi connectivity index (χ0v) is 16.3. The summed E-state index contributed by atoms with van der Waals surface area (Å²) in [4.78, 5) is 0. The Balaban J connectivity index is 1.70. The molecule has 4 rings (SSSR count). The third kappa shape index (κ3) is 3.55. The molecule has 0 fully saturated rings. The molecule has 0 spiro atoms. The number of furan rings is 1. The van der Waals surface area contributed by atoms with Crippen LogP contribution in [0.3, 0.4) is 0 Å². The van der Waals surface area contributed by atoms with Crippen molar-refractivity contribution in [3.8, 4) is 11.4 Å². The largest absolute Gasteiger partial charge is 0.467 e. The molecule has 4 aromatic rings. The van der Waals surface area contributed by atoms with Crippen molar-refractivity contribution in [2.45, 2.75) is 38.2 Å². The predicted molar refractivity (Wildman–Crippen MR) is 104 cm³/mol. The Morgan fingerprint density at radius 1 is 1.04 bits per heavy atom. The van der Waals surface area contributed by atoms with Gasteiger partial charge in [0.2, 0.25) is 0 Å². The van der Waals surface area contributed by atoms with Gasteiger partial charge in [0.1, 0.15) is 11.5 Å². The van der Waals surface area contributed by atoms with Crippen LogP contribution in [0.2, 0.25) is 0 Å². The Labute approximate surface area is 161 Å². The smallest absolute Gasteiger partial charge is 0.192 e. The number of aromatic nitrogens is 4. The lowest BCUT2D eigenvalue weighted by molar-refractivity contribution is 0.392. The fourth-order valence-corrected chi connectivity index (χ4v) is 4.06. The highest BCUT2D eigenvalue weighted by molar-refractivity contribution is 7.98. The molecule has 0 saturated heterocycles. The van der Waals surface area contributed by atoms with E-state index in [1.165, 1.54) is 0 Å². The highest BCUT2D eigenvalue weighted by atomic mass is 32.2. The van der Waals surface area contributed by atoms with E-state index in [2.05, 4.69) is 39.0 Å². The maximum Gasteiger partial charge on any atom is 0.192 e. The van der Waals surface area contributed by atoms with E-state index in [-0.39, 0.29) is 0 Å². The Morgan fingerprint density at radius 3 is 2.59 bits per heavy atom. The molecular formula is C20H20N4O2S. The van der Waals surface area contributed by atoms with E-state index in [0.29, 0.717) is 6.54 Å². The lowest BCUT2D eigenvalue weighted by Crippen LogP contribution is -2.04. The van der Waals surface area contributed by atoms with Crippen LogP contribution in [0.25, 0.3) is 11.4 Å². The van der Waals surface area contributed by atoms with Gasteiger partial charge >= 0.3 is 0 Å². The topological polar surface area (TPSA) is 69.9 Å². The molecule has 3 heterocycles. The van der Waals surface area contributed by atoms with E-state index in [0.717, 1.165) is 50.6 Å². The van der Waals surface area contributed by atoms with Crippen LogP contribution in [0.15, 0.2) is 56.8 Å². The Morgan fingerprint density at radius 2 is 1.89 bits per heavy atom. The van der Waals surface area contributed by atoms with Gasteiger partial charge in [-0.1, -0.05) is 41.2 Å². The van der Waals surface area contributed by atoms with Gasteiger partial charge in [-0.25, -0.2) is 0 Å². The van der Waals surface area contributed by atoms with Crippen LogP contribution in [-0.2, 0) is 12.3 Å². The van der Waals surface area contributed by atoms with Gasteiger partial charge in [-0.15, -0.1) is 10.2 Å². The van der Waals surface area contributed by atoms with Crippen molar-refractivity contribution in [3.63, 3.8) is 0 Å². The minimum atomic E-state index is 0.577. The summed E-state index contributed by atoms with van der Waals surface area (Å²) in [6, 6.07) is 12.1. The first-order valence-corrected chi connectivity index (χ1v) is 9.68. The first kappa shape index (κ1) is 17.6. The minimum Gasteiger partial charge on any atom is -0.467 e. The standard InChI is InChI=1S/C20H20N4O2S/c1-13-7-4-5-9-17(13)19-21-22-20(24(19)11-16-8-6-10-25-16)27-12-18-14(2)23-26-15(18)3/h4-10H,11-12H2,1-3H3. The molecule has 0 atom stereocenters. The maximum absolute atomic E-state index is 5.56. The molecule has 7 heteroatoms. The molecule has 0 saturated carbocycles. The van der Waals surface area contributed by atoms with Crippen molar-refractivity contribution in [2.24, 2.45) is 0 Å². The molecule has 0 amide bonds. The summed E-state index contributed by atoms with van der Waals surface area (Å²) < 4.78 is 12.9. The van der Waals surface area contributed by atoms with Gasteiger partial charge in [-0.3, -0.25) is 4.57 Å². The van der Waals surface area contributed by atoms with Gasteiger partial charge in [-0.2, -0.15) is 0 Å². The quantitative estimate of drug-likeness (QED) is 0.448. The molecule has 27 heavy (non-hydrogen) atoms. The van der Waals surface area contributed by atoms with Gasteiger partial charge in [0.25, 0.3) is 0 Å². The number of nitrogens with zero attached hydrogens (tertiary/aromatic N) is 4. The van der Waals surface area contributed by atoms with Crippen LogP contribution in [0.1, 0.15) is 28.3 Å². The van der Waals surface area contributed by atoms with Crippen molar-refractivity contribution in [2.75, 3.05) is 0 Å². The summed E-state index contributed by atoms with van der Waals surface area (Å²) in [5.41, 5.74) is 4.25. The molecule has 0 radical (unpaired) electrons. The number of hydrogen-bond donors (Lipinski definition) is 0.